The summed E-state index contributed by atoms with van der Waals surface area (Å²) in [5.74, 6) is -0.601. The smallest absolute Gasteiger partial charge is 0.238 e. The molecule has 1 aromatic carbocycles. The zero-order valence-corrected chi connectivity index (χ0v) is 15.9. The van der Waals surface area contributed by atoms with Crippen molar-refractivity contribution in [3.63, 3.8) is 0 Å². The average molecular weight is 414 g/mol. The molecule has 2 aromatic heterocycles. The van der Waals surface area contributed by atoms with Crippen molar-refractivity contribution in [3.05, 3.63) is 57.2 Å². The van der Waals surface area contributed by atoms with Crippen LogP contribution >= 0.6 is 35.4 Å². The number of halogens is 3. The van der Waals surface area contributed by atoms with Crippen molar-refractivity contribution in [2.75, 3.05) is 18.9 Å². The van der Waals surface area contributed by atoms with Gasteiger partial charge in [0.15, 0.2) is 5.65 Å². The van der Waals surface area contributed by atoms with Crippen molar-refractivity contribution in [2.24, 2.45) is 0 Å². The van der Waals surface area contributed by atoms with Crippen molar-refractivity contribution in [3.8, 4) is 0 Å². The van der Waals surface area contributed by atoms with Crippen LogP contribution in [0.4, 0.5) is 10.1 Å². The van der Waals surface area contributed by atoms with E-state index in [1.54, 1.807) is 33.3 Å². The Kier molecular flexibility index (Phi) is 5.57. The Morgan fingerprint density at radius 3 is 2.73 bits per heavy atom. The number of likely N-dealkylation sites (N-methyl/N-ethyl adjacent to an activating group) is 1. The Morgan fingerprint density at radius 2 is 2.04 bits per heavy atom. The van der Waals surface area contributed by atoms with E-state index in [9.17, 15) is 9.18 Å². The minimum absolute atomic E-state index is 0.0987. The van der Waals surface area contributed by atoms with Gasteiger partial charge in [0.2, 0.25) is 10.7 Å². The molecular weight excluding hydrogens is 400 g/mol. The second-order valence-electron chi connectivity index (χ2n) is 5.69. The molecular formula is C16H14Cl2FN5OS. The van der Waals surface area contributed by atoms with Crippen LogP contribution in [-0.2, 0) is 11.5 Å². The predicted octanol–water partition coefficient (Wildman–Crippen LogP) is 3.84. The lowest BCUT2D eigenvalue weighted by atomic mass is 10.3. The molecule has 1 amide bonds. The number of aromatic nitrogens is 3. The van der Waals surface area contributed by atoms with Gasteiger partial charge in [0, 0.05) is 11.9 Å². The van der Waals surface area contributed by atoms with E-state index in [0.29, 0.717) is 26.2 Å². The van der Waals surface area contributed by atoms with E-state index >= 15 is 0 Å². The molecule has 2 heterocycles. The molecule has 1 N–H and O–H groups in total. The van der Waals surface area contributed by atoms with Crippen molar-refractivity contribution in [1.29, 1.82) is 0 Å². The first-order valence-electron chi connectivity index (χ1n) is 7.51. The summed E-state index contributed by atoms with van der Waals surface area (Å²) in [6.07, 6.45) is 1.63. The SMILES string of the molecule is CN(CC(=O)Nc1ccc(F)cc1)Cn1nc2c(Cl)cc(Cl)cn2c1=S. The van der Waals surface area contributed by atoms with Gasteiger partial charge in [0.05, 0.1) is 23.3 Å². The minimum Gasteiger partial charge on any atom is -0.325 e. The molecule has 0 spiro atoms. The van der Waals surface area contributed by atoms with E-state index < -0.39 is 0 Å². The number of rotatable bonds is 5. The van der Waals surface area contributed by atoms with E-state index in [1.807, 2.05) is 0 Å². The van der Waals surface area contributed by atoms with Gasteiger partial charge in [0.25, 0.3) is 0 Å². The predicted molar refractivity (Wildman–Crippen MR) is 102 cm³/mol. The summed E-state index contributed by atoms with van der Waals surface area (Å²) in [6, 6.07) is 7.15. The van der Waals surface area contributed by atoms with E-state index in [2.05, 4.69) is 10.4 Å². The van der Waals surface area contributed by atoms with Gasteiger partial charge in [-0.2, -0.15) is 0 Å². The fourth-order valence-electron chi connectivity index (χ4n) is 2.40. The Morgan fingerprint density at radius 1 is 1.35 bits per heavy atom. The highest BCUT2D eigenvalue weighted by Crippen LogP contribution is 2.21. The molecule has 6 nitrogen and oxygen atoms in total. The molecule has 0 fully saturated rings. The largest absolute Gasteiger partial charge is 0.325 e. The second-order valence-corrected chi connectivity index (χ2v) is 6.90. The number of carbonyl (C=O) groups is 1. The van der Waals surface area contributed by atoms with Gasteiger partial charge in [-0.15, -0.1) is 5.10 Å². The fourth-order valence-corrected chi connectivity index (χ4v) is 3.14. The van der Waals surface area contributed by atoms with Crippen molar-refractivity contribution in [2.45, 2.75) is 6.67 Å². The Labute approximate surface area is 163 Å². The Hall–Kier alpha value is -2.00. The van der Waals surface area contributed by atoms with Crippen LogP contribution in [0.1, 0.15) is 0 Å². The van der Waals surface area contributed by atoms with Crippen molar-refractivity contribution in [1.82, 2.24) is 19.1 Å². The number of hydrogen-bond donors (Lipinski definition) is 1. The average Bonchev–Trinajstić information content (AvgIpc) is 2.86. The van der Waals surface area contributed by atoms with Gasteiger partial charge in [-0.05, 0) is 49.6 Å². The molecule has 0 aliphatic heterocycles. The maximum atomic E-state index is 12.9. The second kappa shape index (κ2) is 7.71. The molecule has 0 unspecified atom stereocenters. The summed E-state index contributed by atoms with van der Waals surface area (Å²) >= 11 is 17.5. The van der Waals surface area contributed by atoms with Crippen LogP contribution in [0.15, 0.2) is 36.5 Å². The molecule has 10 heteroatoms. The number of hydrogen-bond acceptors (Lipinski definition) is 4. The summed E-state index contributed by atoms with van der Waals surface area (Å²) in [5, 5.41) is 7.90. The molecule has 0 saturated carbocycles. The molecule has 0 atom stereocenters. The highest BCUT2D eigenvalue weighted by Gasteiger charge is 2.12. The van der Waals surface area contributed by atoms with Crippen LogP contribution in [0.25, 0.3) is 5.65 Å². The molecule has 0 bridgehead atoms. The summed E-state index contributed by atoms with van der Waals surface area (Å²) < 4.78 is 16.5. The van der Waals surface area contributed by atoms with Crippen LogP contribution in [0.3, 0.4) is 0 Å². The monoisotopic (exact) mass is 413 g/mol. The van der Waals surface area contributed by atoms with Crippen LogP contribution in [0, 0.1) is 10.6 Å². The summed E-state index contributed by atoms with van der Waals surface area (Å²) in [4.78, 5) is 13.8. The van der Waals surface area contributed by atoms with Gasteiger partial charge in [-0.25, -0.2) is 9.07 Å². The molecule has 3 aromatic rings. The molecule has 0 aliphatic rings. The van der Waals surface area contributed by atoms with Gasteiger partial charge in [-0.1, -0.05) is 23.2 Å². The number of carbonyl (C=O) groups excluding carboxylic acids is 1. The molecule has 136 valence electrons. The third kappa shape index (κ3) is 4.21. The maximum absolute atomic E-state index is 12.9. The first kappa shape index (κ1) is 18.8. The number of nitrogens with one attached hydrogen (secondary N) is 1. The summed E-state index contributed by atoms with van der Waals surface area (Å²) in [5.41, 5.74) is 1.01. The Balaban J connectivity index is 1.69. The zero-order valence-electron chi connectivity index (χ0n) is 13.6. The third-order valence-corrected chi connectivity index (χ3v) is 4.41. The highest BCUT2D eigenvalue weighted by atomic mass is 35.5. The standard InChI is InChI=1S/C16H14Cl2FN5OS/c1-22(8-14(25)20-12-4-2-11(19)3-5-12)9-24-16(26)23-7-10(17)6-13(18)15(23)21-24/h2-7H,8-9H2,1H3,(H,20,25). The lowest BCUT2D eigenvalue weighted by Gasteiger charge is -2.15. The molecule has 3 rings (SSSR count). The summed E-state index contributed by atoms with van der Waals surface area (Å²) in [6.45, 7) is 0.382. The topological polar surface area (TPSA) is 54.6 Å². The van der Waals surface area contributed by atoms with Crippen LogP contribution in [0.5, 0.6) is 0 Å². The number of anilines is 1. The van der Waals surface area contributed by atoms with Gasteiger partial charge < -0.3 is 5.32 Å². The maximum Gasteiger partial charge on any atom is 0.238 e. The quantitative estimate of drug-likeness (QED) is 0.645. The number of pyridine rings is 1. The van der Waals surface area contributed by atoms with Crippen molar-refractivity contribution < 1.29 is 9.18 Å². The van der Waals surface area contributed by atoms with Crippen LogP contribution in [0.2, 0.25) is 10.0 Å². The van der Waals surface area contributed by atoms with E-state index in [-0.39, 0.29) is 24.9 Å². The number of fused-ring (bicyclic) bond motifs is 1. The third-order valence-electron chi connectivity index (χ3n) is 3.52. The van der Waals surface area contributed by atoms with Gasteiger partial charge in [-0.3, -0.25) is 14.1 Å². The number of benzene rings is 1. The number of nitrogens with zero attached hydrogens (tertiary/aromatic N) is 4. The molecule has 0 aliphatic carbocycles. The lowest BCUT2D eigenvalue weighted by Crippen LogP contribution is -2.32. The Bertz CT molecular complexity index is 1020. The molecule has 26 heavy (non-hydrogen) atoms. The van der Waals surface area contributed by atoms with Crippen LogP contribution in [-0.4, -0.2) is 38.6 Å². The summed E-state index contributed by atoms with van der Waals surface area (Å²) in [7, 11) is 1.75. The zero-order chi connectivity index (χ0) is 18.8. The first-order chi connectivity index (χ1) is 12.3. The van der Waals surface area contributed by atoms with Gasteiger partial charge in [0.1, 0.15) is 5.82 Å². The highest BCUT2D eigenvalue weighted by molar-refractivity contribution is 7.71. The van der Waals surface area contributed by atoms with E-state index in [4.69, 9.17) is 35.4 Å². The lowest BCUT2D eigenvalue weighted by molar-refractivity contribution is -0.117. The normalized spacial score (nSPS) is 11.3. The number of amides is 1. The molecule has 0 radical (unpaired) electrons. The molecule has 0 saturated heterocycles. The van der Waals surface area contributed by atoms with E-state index in [0.717, 1.165) is 0 Å². The van der Waals surface area contributed by atoms with Gasteiger partial charge >= 0.3 is 0 Å². The van der Waals surface area contributed by atoms with Crippen LogP contribution < -0.4 is 5.32 Å². The minimum atomic E-state index is -0.361. The fraction of sp³-hybridized carbons (Fsp3) is 0.188. The first-order valence-corrected chi connectivity index (χ1v) is 8.68. The van der Waals surface area contributed by atoms with E-state index in [1.165, 1.54) is 24.3 Å². The van der Waals surface area contributed by atoms with Crippen molar-refractivity contribution >= 4 is 52.7 Å².